The van der Waals surface area contributed by atoms with E-state index in [1.807, 2.05) is 18.2 Å². The number of hydrogen-bond donors (Lipinski definition) is 2. The third-order valence-electron chi connectivity index (χ3n) is 3.87. The predicted molar refractivity (Wildman–Crippen MR) is 79.1 cm³/mol. The zero-order valence-corrected chi connectivity index (χ0v) is 11.6. The zero-order chi connectivity index (χ0) is 13.8. The maximum Gasteiger partial charge on any atom is 0.224 e. The van der Waals surface area contributed by atoms with Crippen LogP contribution >= 0.6 is 0 Å². The number of carbonyl (C=O) groups is 1. The number of benzene rings is 1. The van der Waals surface area contributed by atoms with Crippen LogP contribution in [0.25, 0.3) is 0 Å². The number of anilines is 2. The summed E-state index contributed by atoms with van der Waals surface area (Å²) in [5.74, 6) is 0.600. The fraction of sp³-hybridized carbons (Fsp3) is 0.533. The average molecular weight is 275 g/mol. The number of para-hydroxylation sites is 2. The van der Waals surface area contributed by atoms with Crippen molar-refractivity contribution in [1.82, 2.24) is 5.32 Å². The largest absolute Gasteiger partial charge is 0.378 e. The van der Waals surface area contributed by atoms with E-state index in [9.17, 15) is 4.79 Å². The Bertz CT molecular complexity index is 468. The molecule has 3 rings (SSSR count). The quantitative estimate of drug-likeness (QED) is 0.863. The average Bonchev–Trinajstić information content (AvgIpc) is 2.45. The van der Waals surface area contributed by atoms with Crippen molar-refractivity contribution >= 4 is 17.3 Å². The molecule has 5 nitrogen and oxygen atoms in total. The van der Waals surface area contributed by atoms with Gasteiger partial charge in [-0.25, -0.2) is 0 Å². The number of nitrogens with zero attached hydrogens (tertiary/aromatic N) is 1. The van der Waals surface area contributed by atoms with Gasteiger partial charge in [-0.1, -0.05) is 12.1 Å². The Morgan fingerprint density at radius 1 is 1.30 bits per heavy atom. The Morgan fingerprint density at radius 3 is 2.75 bits per heavy atom. The fourth-order valence-electron chi connectivity index (χ4n) is 2.62. The molecule has 0 aromatic heterocycles. The zero-order valence-electron chi connectivity index (χ0n) is 11.6. The number of nitrogens with one attached hydrogen (secondary N) is 2. The summed E-state index contributed by atoms with van der Waals surface area (Å²) in [5.41, 5.74) is 2.00. The van der Waals surface area contributed by atoms with E-state index in [1.165, 1.54) is 0 Å². The lowest BCUT2D eigenvalue weighted by molar-refractivity contribution is -0.117. The monoisotopic (exact) mass is 275 g/mol. The molecule has 2 heterocycles. The highest BCUT2D eigenvalue weighted by Crippen LogP contribution is 2.26. The van der Waals surface area contributed by atoms with Gasteiger partial charge in [-0.3, -0.25) is 4.79 Å². The van der Waals surface area contributed by atoms with Gasteiger partial charge in [0.05, 0.1) is 24.6 Å². The van der Waals surface area contributed by atoms with Crippen LogP contribution in [0.3, 0.4) is 0 Å². The van der Waals surface area contributed by atoms with Crippen molar-refractivity contribution in [2.45, 2.75) is 6.42 Å². The number of amides is 1. The summed E-state index contributed by atoms with van der Waals surface area (Å²) >= 11 is 0. The molecular formula is C15H21N3O2. The highest BCUT2D eigenvalue weighted by atomic mass is 16.5. The van der Waals surface area contributed by atoms with Gasteiger partial charge in [-0.2, -0.15) is 0 Å². The molecule has 2 N–H and O–H groups in total. The number of morpholine rings is 1. The van der Waals surface area contributed by atoms with Crippen molar-refractivity contribution in [3.05, 3.63) is 24.3 Å². The van der Waals surface area contributed by atoms with Gasteiger partial charge < -0.3 is 20.3 Å². The summed E-state index contributed by atoms with van der Waals surface area (Å²) in [6.45, 7) is 5.15. The standard InChI is InChI=1S/C15H21N3O2/c19-15(9-12-10-16-11-12)17-13-3-1-2-4-14(13)18-5-7-20-8-6-18/h1-4,12,16H,5-11H2,(H,17,19). The first-order valence-corrected chi connectivity index (χ1v) is 7.25. The Kier molecular flexibility index (Phi) is 4.18. The Hall–Kier alpha value is -1.59. The van der Waals surface area contributed by atoms with Crippen molar-refractivity contribution in [3.63, 3.8) is 0 Å². The van der Waals surface area contributed by atoms with Gasteiger partial charge in [0, 0.05) is 19.5 Å². The highest BCUT2D eigenvalue weighted by molar-refractivity contribution is 5.94. The summed E-state index contributed by atoms with van der Waals surface area (Å²) in [5, 5.41) is 6.25. The van der Waals surface area contributed by atoms with Crippen LogP contribution in [-0.4, -0.2) is 45.3 Å². The third kappa shape index (κ3) is 3.11. The molecule has 0 aliphatic carbocycles. The maximum absolute atomic E-state index is 12.1. The molecule has 1 aromatic carbocycles. The second-order valence-corrected chi connectivity index (χ2v) is 5.39. The molecule has 0 spiro atoms. The molecule has 0 saturated carbocycles. The Balaban J connectivity index is 1.66. The van der Waals surface area contributed by atoms with E-state index in [-0.39, 0.29) is 5.91 Å². The molecule has 2 fully saturated rings. The molecule has 2 aliphatic heterocycles. The summed E-state index contributed by atoms with van der Waals surface area (Å²) in [4.78, 5) is 14.3. The molecule has 2 saturated heterocycles. The van der Waals surface area contributed by atoms with Crippen LogP contribution in [0.4, 0.5) is 11.4 Å². The first kappa shape index (κ1) is 13.4. The number of rotatable bonds is 4. The van der Waals surface area contributed by atoms with E-state index < -0.39 is 0 Å². The van der Waals surface area contributed by atoms with Crippen LogP contribution in [0.15, 0.2) is 24.3 Å². The smallest absolute Gasteiger partial charge is 0.224 e. The van der Waals surface area contributed by atoms with Crippen LogP contribution in [0, 0.1) is 5.92 Å². The van der Waals surface area contributed by atoms with E-state index in [4.69, 9.17) is 4.74 Å². The van der Waals surface area contributed by atoms with E-state index in [2.05, 4.69) is 21.6 Å². The summed E-state index contributed by atoms with van der Waals surface area (Å²) in [7, 11) is 0. The molecule has 5 heteroatoms. The SMILES string of the molecule is O=C(CC1CNC1)Nc1ccccc1N1CCOCC1. The van der Waals surface area contributed by atoms with Crippen molar-refractivity contribution in [2.75, 3.05) is 49.6 Å². The van der Waals surface area contributed by atoms with E-state index in [1.54, 1.807) is 0 Å². The topological polar surface area (TPSA) is 53.6 Å². The minimum Gasteiger partial charge on any atom is -0.378 e. The minimum absolute atomic E-state index is 0.109. The van der Waals surface area contributed by atoms with E-state index in [0.717, 1.165) is 50.8 Å². The molecular weight excluding hydrogens is 254 g/mol. The number of ether oxygens (including phenoxy) is 1. The van der Waals surface area contributed by atoms with Crippen molar-refractivity contribution in [1.29, 1.82) is 0 Å². The van der Waals surface area contributed by atoms with Gasteiger partial charge >= 0.3 is 0 Å². The lowest BCUT2D eigenvalue weighted by Gasteiger charge is -2.31. The third-order valence-corrected chi connectivity index (χ3v) is 3.87. The summed E-state index contributed by atoms with van der Waals surface area (Å²) in [6.07, 6.45) is 0.602. The molecule has 0 radical (unpaired) electrons. The van der Waals surface area contributed by atoms with Gasteiger partial charge in [0.25, 0.3) is 0 Å². The molecule has 1 amide bonds. The summed E-state index contributed by atoms with van der Waals surface area (Å²) in [6, 6.07) is 8.01. The van der Waals surface area contributed by atoms with Gasteiger partial charge in [-0.05, 0) is 31.1 Å². The molecule has 0 atom stereocenters. The Morgan fingerprint density at radius 2 is 2.05 bits per heavy atom. The molecule has 0 unspecified atom stereocenters. The van der Waals surface area contributed by atoms with Crippen LogP contribution in [-0.2, 0) is 9.53 Å². The molecule has 20 heavy (non-hydrogen) atoms. The van der Waals surface area contributed by atoms with Crippen LogP contribution < -0.4 is 15.5 Å². The minimum atomic E-state index is 0.109. The van der Waals surface area contributed by atoms with Crippen molar-refractivity contribution in [3.8, 4) is 0 Å². The fourth-order valence-corrected chi connectivity index (χ4v) is 2.62. The lowest BCUT2D eigenvalue weighted by atomic mass is 9.99. The molecule has 0 bridgehead atoms. The van der Waals surface area contributed by atoms with Gasteiger partial charge in [0.2, 0.25) is 5.91 Å². The van der Waals surface area contributed by atoms with Gasteiger partial charge in [0.15, 0.2) is 0 Å². The molecule has 108 valence electrons. The van der Waals surface area contributed by atoms with Gasteiger partial charge in [-0.15, -0.1) is 0 Å². The van der Waals surface area contributed by atoms with E-state index in [0.29, 0.717) is 12.3 Å². The van der Waals surface area contributed by atoms with Crippen LogP contribution in [0.1, 0.15) is 6.42 Å². The Labute approximate surface area is 119 Å². The summed E-state index contributed by atoms with van der Waals surface area (Å²) < 4.78 is 5.38. The number of hydrogen-bond acceptors (Lipinski definition) is 4. The van der Waals surface area contributed by atoms with Crippen molar-refractivity contribution < 1.29 is 9.53 Å². The molecule has 2 aliphatic rings. The second-order valence-electron chi connectivity index (χ2n) is 5.39. The highest BCUT2D eigenvalue weighted by Gasteiger charge is 2.21. The normalized spacial score (nSPS) is 19.5. The lowest BCUT2D eigenvalue weighted by Crippen LogP contribution is -2.43. The maximum atomic E-state index is 12.1. The second kappa shape index (κ2) is 6.24. The van der Waals surface area contributed by atoms with Crippen molar-refractivity contribution in [2.24, 2.45) is 5.92 Å². The molecule has 1 aromatic rings. The predicted octanol–water partition coefficient (Wildman–Crippen LogP) is 1.07. The van der Waals surface area contributed by atoms with Crippen LogP contribution in [0.5, 0.6) is 0 Å². The van der Waals surface area contributed by atoms with Gasteiger partial charge in [0.1, 0.15) is 0 Å². The number of carbonyl (C=O) groups excluding carboxylic acids is 1. The first-order valence-electron chi connectivity index (χ1n) is 7.25. The van der Waals surface area contributed by atoms with Crippen LogP contribution in [0.2, 0.25) is 0 Å². The van der Waals surface area contributed by atoms with E-state index >= 15 is 0 Å². The first-order chi connectivity index (χ1) is 9.83.